The van der Waals surface area contributed by atoms with Gasteiger partial charge in [0.05, 0.1) is 5.41 Å². The smallest absolute Gasteiger partial charge is 0.232 e. The van der Waals surface area contributed by atoms with Crippen LogP contribution in [0.1, 0.15) is 25.8 Å². The lowest BCUT2D eigenvalue weighted by Gasteiger charge is -2.34. The SMILES string of the molecule is CC(C)(C(=O)N1CCC(N2CCNCC2)C1)c1cccc(Br)c1. The molecular weight excluding hydrogens is 354 g/mol. The van der Waals surface area contributed by atoms with Gasteiger partial charge in [-0.1, -0.05) is 28.1 Å². The first-order valence-electron chi connectivity index (χ1n) is 8.48. The van der Waals surface area contributed by atoms with E-state index in [0.717, 1.165) is 55.7 Å². The highest BCUT2D eigenvalue weighted by Gasteiger charge is 2.38. The first-order chi connectivity index (χ1) is 11.0. The van der Waals surface area contributed by atoms with Crippen LogP contribution in [-0.4, -0.2) is 61.0 Å². The van der Waals surface area contributed by atoms with E-state index in [1.54, 1.807) is 0 Å². The van der Waals surface area contributed by atoms with Gasteiger partial charge in [-0.05, 0) is 38.0 Å². The van der Waals surface area contributed by atoms with Crippen molar-refractivity contribution in [1.29, 1.82) is 0 Å². The number of amides is 1. The molecule has 2 aliphatic rings. The van der Waals surface area contributed by atoms with E-state index in [2.05, 4.69) is 37.1 Å². The molecule has 0 aromatic heterocycles. The van der Waals surface area contributed by atoms with Gasteiger partial charge in [-0.3, -0.25) is 9.69 Å². The number of benzene rings is 1. The molecule has 1 unspecified atom stereocenters. The molecule has 0 aliphatic carbocycles. The van der Waals surface area contributed by atoms with Gasteiger partial charge < -0.3 is 10.2 Å². The van der Waals surface area contributed by atoms with Crippen molar-refractivity contribution in [3.63, 3.8) is 0 Å². The Morgan fingerprint density at radius 3 is 2.70 bits per heavy atom. The molecule has 0 saturated carbocycles. The van der Waals surface area contributed by atoms with E-state index < -0.39 is 5.41 Å². The van der Waals surface area contributed by atoms with Crippen molar-refractivity contribution in [2.75, 3.05) is 39.3 Å². The lowest BCUT2D eigenvalue weighted by atomic mass is 9.83. The Labute approximate surface area is 147 Å². The molecule has 1 amide bonds. The van der Waals surface area contributed by atoms with E-state index in [9.17, 15) is 4.79 Å². The summed E-state index contributed by atoms with van der Waals surface area (Å²) < 4.78 is 1.02. The van der Waals surface area contributed by atoms with Crippen molar-refractivity contribution in [3.05, 3.63) is 34.3 Å². The quantitative estimate of drug-likeness (QED) is 0.874. The second kappa shape index (κ2) is 6.91. The number of hydrogen-bond acceptors (Lipinski definition) is 3. The number of nitrogens with one attached hydrogen (secondary N) is 1. The maximum atomic E-state index is 13.1. The van der Waals surface area contributed by atoms with Crippen LogP contribution >= 0.6 is 15.9 Å². The Morgan fingerprint density at radius 2 is 2.00 bits per heavy atom. The van der Waals surface area contributed by atoms with Gasteiger partial charge in [0, 0.05) is 49.8 Å². The van der Waals surface area contributed by atoms with Crippen molar-refractivity contribution < 1.29 is 4.79 Å². The molecule has 1 aromatic carbocycles. The van der Waals surface area contributed by atoms with Crippen molar-refractivity contribution >= 4 is 21.8 Å². The van der Waals surface area contributed by atoms with E-state index in [1.807, 2.05) is 32.0 Å². The molecule has 2 heterocycles. The topological polar surface area (TPSA) is 35.6 Å². The van der Waals surface area contributed by atoms with Crippen LogP contribution in [0.4, 0.5) is 0 Å². The molecule has 0 spiro atoms. The molecule has 4 nitrogen and oxygen atoms in total. The zero-order valence-corrected chi connectivity index (χ0v) is 15.6. The average Bonchev–Trinajstić information content (AvgIpc) is 3.05. The van der Waals surface area contributed by atoms with E-state index in [-0.39, 0.29) is 5.91 Å². The van der Waals surface area contributed by atoms with Gasteiger partial charge in [-0.25, -0.2) is 0 Å². The summed E-state index contributed by atoms with van der Waals surface area (Å²) >= 11 is 3.51. The maximum Gasteiger partial charge on any atom is 0.232 e. The predicted molar refractivity (Wildman–Crippen MR) is 96.6 cm³/mol. The highest BCUT2D eigenvalue weighted by Crippen LogP contribution is 2.30. The van der Waals surface area contributed by atoms with Crippen LogP contribution in [-0.2, 0) is 10.2 Å². The van der Waals surface area contributed by atoms with Crippen LogP contribution in [0.2, 0.25) is 0 Å². The van der Waals surface area contributed by atoms with Gasteiger partial charge in [0.25, 0.3) is 0 Å². The fraction of sp³-hybridized carbons (Fsp3) is 0.611. The summed E-state index contributed by atoms with van der Waals surface area (Å²) in [7, 11) is 0. The summed E-state index contributed by atoms with van der Waals surface area (Å²) in [5, 5.41) is 3.40. The molecule has 0 bridgehead atoms. The number of nitrogens with zero attached hydrogens (tertiary/aromatic N) is 2. The molecule has 2 aliphatic heterocycles. The van der Waals surface area contributed by atoms with Crippen molar-refractivity contribution in [2.45, 2.75) is 31.7 Å². The highest BCUT2D eigenvalue weighted by atomic mass is 79.9. The molecule has 0 radical (unpaired) electrons. The summed E-state index contributed by atoms with van der Waals surface area (Å²) in [5.41, 5.74) is 0.588. The van der Waals surface area contributed by atoms with Gasteiger partial charge in [0.15, 0.2) is 0 Å². The maximum absolute atomic E-state index is 13.1. The number of carbonyl (C=O) groups excluding carboxylic acids is 1. The number of halogens is 1. The minimum atomic E-state index is -0.484. The fourth-order valence-corrected chi connectivity index (χ4v) is 4.07. The zero-order valence-electron chi connectivity index (χ0n) is 14.0. The lowest BCUT2D eigenvalue weighted by molar-refractivity contribution is -0.135. The monoisotopic (exact) mass is 379 g/mol. The number of hydrogen-bond donors (Lipinski definition) is 1. The summed E-state index contributed by atoms with van der Waals surface area (Å²) in [4.78, 5) is 17.7. The van der Waals surface area contributed by atoms with Crippen molar-refractivity contribution in [1.82, 2.24) is 15.1 Å². The Hall–Kier alpha value is -0.910. The standard InChI is InChI=1S/C18H26BrN3O/c1-18(2,14-4-3-5-15(19)12-14)17(23)22-9-6-16(13-22)21-10-7-20-8-11-21/h3-5,12,16,20H,6-11,13H2,1-2H3. The second-order valence-corrected chi connectivity index (χ2v) is 8.03. The molecule has 1 aromatic rings. The summed E-state index contributed by atoms with van der Waals surface area (Å²) in [5.74, 6) is 0.244. The van der Waals surface area contributed by atoms with Crippen LogP contribution in [0.25, 0.3) is 0 Å². The molecule has 1 atom stereocenters. The summed E-state index contributed by atoms with van der Waals surface area (Å²) in [6.45, 7) is 10.1. The first kappa shape index (κ1) is 16.9. The third kappa shape index (κ3) is 3.62. The van der Waals surface area contributed by atoms with Crippen molar-refractivity contribution in [2.24, 2.45) is 0 Å². The summed E-state index contributed by atoms with van der Waals surface area (Å²) in [6, 6.07) is 8.63. The number of rotatable bonds is 3. The Bertz CT molecular complexity index is 569. The lowest BCUT2D eigenvalue weighted by Crippen LogP contribution is -2.50. The van der Waals surface area contributed by atoms with Crippen LogP contribution in [0.3, 0.4) is 0 Å². The minimum absolute atomic E-state index is 0.244. The van der Waals surface area contributed by atoms with Crippen LogP contribution in [0.5, 0.6) is 0 Å². The Kier molecular flexibility index (Phi) is 5.09. The number of carbonyl (C=O) groups is 1. The third-order valence-corrected chi connectivity index (χ3v) is 5.69. The largest absolute Gasteiger partial charge is 0.340 e. The Balaban J connectivity index is 1.68. The van der Waals surface area contributed by atoms with Gasteiger partial charge in [0.2, 0.25) is 5.91 Å². The zero-order chi connectivity index (χ0) is 16.4. The number of piperazine rings is 1. The molecule has 3 rings (SSSR count). The first-order valence-corrected chi connectivity index (χ1v) is 9.28. The fourth-order valence-electron chi connectivity index (χ4n) is 3.67. The van der Waals surface area contributed by atoms with Gasteiger partial charge in [-0.15, -0.1) is 0 Å². The minimum Gasteiger partial charge on any atom is -0.340 e. The number of likely N-dealkylation sites (tertiary alicyclic amines) is 1. The molecule has 126 valence electrons. The Morgan fingerprint density at radius 1 is 1.26 bits per heavy atom. The van der Waals surface area contributed by atoms with Crippen molar-refractivity contribution in [3.8, 4) is 0 Å². The molecule has 23 heavy (non-hydrogen) atoms. The van der Waals surface area contributed by atoms with E-state index >= 15 is 0 Å². The average molecular weight is 380 g/mol. The van der Waals surface area contributed by atoms with Gasteiger partial charge >= 0.3 is 0 Å². The molecule has 5 heteroatoms. The summed E-state index contributed by atoms with van der Waals surface area (Å²) in [6.07, 6.45) is 1.10. The second-order valence-electron chi connectivity index (χ2n) is 7.11. The van der Waals surface area contributed by atoms with Gasteiger partial charge in [-0.2, -0.15) is 0 Å². The normalized spacial score (nSPS) is 23.3. The predicted octanol–water partition coefficient (Wildman–Crippen LogP) is 2.23. The van der Waals surface area contributed by atoms with E-state index in [0.29, 0.717) is 6.04 Å². The van der Waals surface area contributed by atoms with Crippen LogP contribution in [0.15, 0.2) is 28.7 Å². The molecule has 1 N–H and O–H groups in total. The van der Waals surface area contributed by atoms with E-state index in [1.165, 1.54) is 0 Å². The third-order valence-electron chi connectivity index (χ3n) is 5.20. The van der Waals surface area contributed by atoms with Gasteiger partial charge in [0.1, 0.15) is 0 Å². The van der Waals surface area contributed by atoms with Crippen LogP contribution in [0, 0.1) is 0 Å². The van der Waals surface area contributed by atoms with E-state index in [4.69, 9.17) is 0 Å². The molecule has 2 saturated heterocycles. The molecule has 2 fully saturated rings. The molecular formula is C18H26BrN3O. The van der Waals surface area contributed by atoms with Crippen LogP contribution < -0.4 is 5.32 Å². The highest BCUT2D eigenvalue weighted by molar-refractivity contribution is 9.10.